The molecule has 2 atom stereocenters. The minimum Gasteiger partial charge on any atom is -0.508 e. The van der Waals surface area contributed by atoms with Crippen LogP contribution in [0.5, 0.6) is 5.75 Å². The number of aryl methyl sites for hydroxylation is 1. The Morgan fingerprint density at radius 3 is 2.36 bits per heavy atom. The van der Waals surface area contributed by atoms with Crippen LogP contribution in [-0.2, 0) is 20.7 Å². The van der Waals surface area contributed by atoms with E-state index in [0.29, 0.717) is 6.54 Å². The van der Waals surface area contributed by atoms with Crippen LogP contribution in [0.4, 0.5) is 4.79 Å². The number of amides is 3. The number of ether oxygens (including phenoxy) is 1. The van der Waals surface area contributed by atoms with Crippen molar-refractivity contribution >= 4 is 17.9 Å². The van der Waals surface area contributed by atoms with Gasteiger partial charge in [0.25, 0.3) is 0 Å². The van der Waals surface area contributed by atoms with Gasteiger partial charge < -0.3 is 25.4 Å². The third-order valence-corrected chi connectivity index (χ3v) is 6.80. The number of phenolic OH excluding ortho intramolecular Hbond substituents is 1. The van der Waals surface area contributed by atoms with Gasteiger partial charge >= 0.3 is 6.09 Å². The number of rotatable bonds is 11. The van der Waals surface area contributed by atoms with E-state index in [1.807, 2.05) is 31.2 Å². The number of nitrogens with one attached hydrogen (secondary N) is 2. The maximum Gasteiger partial charge on any atom is 0.408 e. The van der Waals surface area contributed by atoms with Crippen molar-refractivity contribution < 1.29 is 24.2 Å². The smallest absolute Gasteiger partial charge is 0.408 e. The fraction of sp³-hybridized carbons (Fsp3) is 0.516. The molecule has 2 unspecified atom stereocenters. The molecule has 1 aliphatic rings. The van der Waals surface area contributed by atoms with Crippen molar-refractivity contribution in [2.75, 3.05) is 6.54 Å². The Labute approximate surface area is 232 Å². The van der Waals surface area contributed by atoms with Crippen LogP contribution >= 0.6 is 0 Å². The summed E-state index contributed by atoms with van der Waals surface area (Å²) in [4.78, 5) is 42.7. The van der Waals surface area contributed by atoms with Crippen LogP contribution in [0, 0.1) is 6.92 Å². The average molecular weight is 538 g/mol. The number of alkyl carbamates (subject to hydrolysis) is 1. The van der Waals surface area contributed by atoms with Gasteiger partial charge in [0.1, 0.15) is 23.4 Å². The highest BCUT2D eigenvalue weighted by molar-refractivity contribution is 5.92. The lowest BCUT2D eigenvalue weighted by Crippen LogP contribution is -2.58. The van der Waals surface area contributed by atoms with Crippen LogP contribution in [0.1, 0.15) is 82.5 Å². The zero-order valence-electron chi connectivity index (χ0n) is 23.8. The summed E-state index contributed by atoms with van der Waals surface area (Å²) in [6.45, 7) is 9.83. The normalized spacial score (nSPS) is 15.0. The SMILES string of the molecule is CCCCNC(=O)C(c1cccc(C)c1)N(C(=O)C(Cc1ccc(O)cc1)NC(=O)OC(C)(C)C)C1CCC1. The van der Waals surface area contributed by atoms with Crippen LogP contribution in [0.2, 0.25) is 0 Å². The predicted octanol–water partition coefficient (Wildman–Crippen LogP) is 5.18. The minimum absolute atomic E-state index is 0.112. The van der Waals surface area contributed by atoms with Crippen molar-refractivity contribution in [2.45, 2.75) is 96.9 Å². The number of phenols is 1. The van der Waals surface area contributed by atoms with E-state index in [-0.39, 0.29) is 30.0 Å². The first kappa shape index (κ1) is 30.0. The van der Waals surface area contributed by atoms with Crippen molar-refractivity contribution in [1.82, 2.24) is 15.5 Å². The lowest BCUT2D eigenvalue weighted by atomic mass is 9.87. The predicted molar refractivity (Wildman–Crippen MR) is 151 cm³/mol. The van der Waals surface area contributed by atoms with Crippen molar-refractivity contribution in [3.8, 4) is 5.75 Å². The van der Waals surface area contributed by atoms with Crippen LogP contribution in [0.3, 0.4) is 0 Å². The van der Waals surface area contributed by atoms with Gasteiger partial charge in [-0.25, -0.2) is 4.79 Å². The second kappa shape index (κ2) is 13.5. The first-order chi connectivity index (χ1) is 18.5. The van der Waals surface area contributed by atoms with Gasteiger partial charge in [-0.2, -0.15) is 0 Å². The number of hydrogen-bond donors (Lipinski definition) is 3. The molecule has 2 aromatic carbocycles. The topological polar surface area (TPSA) is 108 Å². The van der Waals surface area contributed by atoms with Crippen LogP contribution in [0.25, 0.3) is 0 Å². The Balaban J connectivity index is 2.01. The van der Waals surface area contributed by atoms with Gasteiger partial charge in [-0.15, -0.1) is 0 Å². The lowest BCUT2D eigenvalue weighted by Gasteiger charge is -2.43. The highest BCUT2D eigenvalue weighted by atomic mass is 16.6. The molecule has 8 nitrogen and oxygen atoms in total. The second-order valence-electron chi connectivity index (χ2n) is 11.4. The maximum absolute atomic E-state index is 14.4. The van der Waals surface area contributed by atoms with Crippen molar-refractivity contribution in [2.24, 2.45) is 0 Å². The fourth-order valence-electron chi connectivity index (χ4n) is 4.64. The Morgan fingerprint density at radius 2 is 1.79 bits per heavy atom. The summed E-state index contributed by atoms with van der Waals surface area (Å²) in [6.07, 6.45) is 3.80. The molecule has 0 aromatic heterocycles. The number of unbranched alkanes of at least 4 members (excludes halogenated alkanes) is 1. The minimum atomic E-state index is -0.972. The van der Waals surface area contributed by atoms with Gasteiger partial charge in [0.05, 0.1) is 0 Å². The van der Waals surface area contributed by atoms with Crippen molar-refractivity contribution in [3.63, 3.8) is 0 Å². The average Bonchev–Trinajstić information content (AvgIpc) is 2.82. The molecule has 2 aromatic rings. The Morgan fingerprint density at radius 1 is 1.10 bits per heavy atom. The summed E-state index contributed by atoms with van der Waals surface area (Å²) in [5.74, 6) is -0.452. The molecule has 39 heavy (non-hydrogen) atoms. The number of carbonyl (C=O) groups is 3. The molecule has 212 valence electrons. The Hall–Kier alpha value is -3.55. The zero-order chi connectivity index (χ0) is 28.6. The number of benzene rings is 2. The summed E-state index contributed by atoms with van der Waals surface area (Å²) < 4.78 is 5.49. The molecule has 0 saturated heterocycles. The Kier molecular flexibility index (Phi) is 10.4. The summed E-state index contributed by atoms with van der Waals surface area (Å²) >= 11 is 0. The first-order valence-electron chi connectivity index (χ1n) is 13.9. The van der Waals surface area contributed by atoms with Crippen molar-refractivity contribution in [1.29, 1.82) is 0 Å². The molecule has 1 fully saturated rings. The molecule has 1 aliphatic carbocycles. The molecule has 3 amide bonds. The van der Waals surface area contributed by atoms with Gasteiger partial charge in [-0.1, -0.05) is 55.3 Å². The van der Waals surface area contributed by atoms with Gasteiger partial charge in [0, 0.05) is 19.0 Å². The first-order valence-corrected chi connectivity index (χ1v) is 13.9. The summed E-state index contributed by atoms with van der Waals surface area (Å²) in [6, 6.07) is 12.3. The molecular weight excluding hydrogens is 494 g/mol. The number of carbonyl (C=O) groups excluding carboxylic acids is 3. The van der Waals surface area contributed by atoms with Gasteiger partial charge in [0.15, 0.2) is 0 Å². The molecule has 0 spiro atoms. The van der Waals surface area contributed by atoms with Crippen LogP contribution in [-0.4, -0.2) is 52.1 Å². The second-order valence-corrected chi connectivity index (χ2v) is 11.4. The highest BCUT2D eigenvalue weighted by Crippen LogP contribution is 2.34. The molecule has 8 heteroatoms. The molecule has 0 aliphatic heterocycles. The fourth-order valence-corrected chi connectivity index (χ4v) is 4.64. The Bertz CT molecular complexity index is 1120. The highest BCUT2D eigenvalue weighted by Gasteiger charge is 2.42. The lowest BCUT2D eigenvalue weighted by molar-refractivity contribution is -0.147. The third-order valence-electron chi connectivity index (χ3n) is 6.80. The maximum atomic E-state index is 14.4. The van der Waals surface area contributed by atoms with Crippen molar-refractivity contribution in [3.05, 3.63) is 65.2 Å². The number of hydrogen-bond acceptors (Lipinski definition) is 5. The standard InChI is InChI=1S/C31H43N3O5/c1-6-7-18-32-28(36)27(23-11-8-10-21(2)19-23)34(24-12-9-13-24)29(37)26(33-30(38)39-31(3,4)5)20-22-14-16-25(35)17-15-22/h8,10-11,14-17,19,24,26-27,35H,6-7,9,12-13,18,20H2,1-5H3,(H,32,36)(H,33,38). The van der Waals surface area contributed by atoms with E-state index in [9.17, 15) is 19.5 Å². The quantitative estimate of drug-likeness (QED) is 0.343. The van der Waals surface area contributed by atoms with E-state index in [1.54, 1.807) is 49.9 Å². The van der Waals surface area contributed by atoms with E-state index in [2.05, 4.69) is 17.6 Å². The van der Waals surface area contributed by atoms with Crippen LogP contribution < -0.4 is 10.6 Å². The largest absolute Gasteiger partial charge is 0.508 e. The van der Waals surface area contributed by atoms with E-state index in [0.717, 1.165) is 48.8 Å². The van der Waals surface area contributed by atoms with E-state index in [1.165, 1.54) is 0 Å². The zero-order valence-corrected chi connectivity index (χ0v) is 23.8. The monoisotopic (exact) mass is 537 g/mol. The molecular formula is C31H43N3O5. The molecule has 3 N–H and O–H groups in total. The molecule has 0 heterocycles. The van der Waals surface area contributed by atoms with Gasteiger partial charge in [-0.05, 0) is 76.6 Å². The van der Waals surface area contributed by atoms with Gasteiger partial charge in [0.2, 0.25) is 11.8 Å². The summed E-state index contributed by atoms with van der Waals surface area (Å²) in [7, 11) is 0. The summed E-state index contributed by atoms with van der Waals surface area (Å²) in [5, 5.41) is 15.6. The van der Waals surface area contributed by atoms with Crippen LogP contribution in [0.15, 0.2) is 48.5 Å². The van der Waals surface area contributed by atoms with E-state index in [4.69, 9.17) is 4.74 Å². The van der Waals surface area contributed by atoms with Gasteiger partial charge in [-0.3, -0.25) is 9.59 Å². The number of aromatic hydroxyl groups is 1. The molecule has 0 radical (unpaired) electrons. The third kappa shape index (κ3) is 8.73. The molecule has 0 bridgehead atoms. The summed E-state index contributed by atoms with van der Waals surface area (Å²) in [5.41, 5.74) is 1.75. The van der Waals surface area contributed by atoms with E-state index < -0.39 is 23.8 Å². The number of nitrogens with zero attached hydrogens (tertiary/aromatic N) is 1. The molecule has 3 rings (SSSR count). The van der Waals surface area contributed by atoms with E-state index >= 15 is 0 Å². The molecule has 1 saturated carbocycles.